The van der Waals surface area contributed by atoms with Gasteiger partial charge in [-0.05, 0) is 36.4 Å². The highest BCUT2D eigenvalue weighted by molar-refractivity contribution is 7.91. The van der Waals surface area contributed by atoms with Crippen molar-refractivity contribution in [2.45, 2.75) is 23.0 Å². The fraction of sp³-hybridized carbons (Fsp3) is 0.389. The van der Waals surface area contributed by atoms with Crippen molar-refractivity contribution in [2.24, 2.45) is 5.92 Å². The van der Waals surface area contributed by atoms with Gasteiger partial charge in [-0.2, -0.15) is 0 Å². The molecule has 6 nitrogen and oxygen atoms in total. The highest BCUT2D eigenvalue weighted by Gasteiger charge is 2.34. The van der Waals surface area contributed by atoms with Crippen molar-refractivity contribution in [1.29, 1.82) is 0 Å². The molecular formula is C18H19NO5S2. The summed E-state index contributed by atoms with van der Waals surface area (Å²) >= 11 is 1.37. The van der Waals surface area contributed by atoms with Crippen LogP contribution in [0.3, 0.4) is 0 Å². The van der Waals surface area contributed by atoms with Crippen molar-refractivity contribution in [3.05, 3.63) is 40.6 Å². The Hall–Kier alpha value is -2.06. The zero-order valence-electron chi connectivity index (χ0n) is 14.0. The summed E-state index contributed by atoms with van der Waals surface area (Å²) in [5, 5.41) is 3.82. The lowest BCUT2D eigenvalue weighted by molar-refractivity contribution is -0.122. The lowest BCUT2D eigenvalue weighted by atomic mass is 10.3. The zero-order valence-corrected chi connectivity index (χ0v) is 15.6. The molecule has 1 aromatic carbocycles. The number of ether oxygens (including phenoxy) is 2. The van der Waals surface area contributed by atoms with E-state index < -0.39 is 15.1 Å². The van der Waals surface area contributed by atoms with E-state index in [1.807, 2.05) is 11.4 Å². The molecule has 1 aliphatic carbocycles. The summed E-state index contributed by atoms with van der Waals surface area (Å²) in [6.45, 7) is 0.902. The van der Waals surface area contributed by atoms with Gasteiger partial charge in [-0.15, -0.1) is 11.3 Å². The molecule has 8 heteroatoms. The molecule has 1 atom stereocenters. The Balaban J connectivity index is 1.63. The van der Waals surface area contributed by atoms with Gasteiger partial charge in [-0.25, -0.2) is 8.42 Å². The summed E-state index contributed by atoms with van der Waals surface area (Å²) in [5.74, 6) is 0.953. The molecule has 2 heterocycles. The van der Waals surface area contributed by atoms with Crippen molar-refractivity contribution in [3.8, 4) is 11.5 Å². The molecule has 0 radical (unpaired) electrons. The largest absolute Gasteiger partial charge is 0.486 e. The molecule has 4 rings (SSSR count). The number of fused-ring (bicyclic) bond motifs is 1. The molecular weight excluding hydrogens is 374 g/mol. The molecule has 0 spiro atoms. The highest BCUT2D eigenvalue weighted by atomic mass is 32.2. The molecule has 1 fully saturated rings. The minimum absolute atomic E-state index is 0.0379. The lowest BCUT2D eigenvalue weighted by Gasteiger charge is -2.21. The van der Waals surface area contributed by atoms with E-state index in [2.05, 4.69) is 5.32 Å². The van der Waals surface area contributed by atoms with Gasteiger partial charge in [0, 0.05) is 23.4 Å². The van der Waals surface area contributed by atoms with E-state index in [0.717, 1.165) is 12.8 Å². The number of carbonyl (C=O) groups is 1. The molecule has 26 heavy (non-hydrogen) atoms. The summed E-state index contributed by atoms with van der Waals surface area (Å²) in [4.78, 5) is 12.9. The quantitative estimate of drug-likeness (QED) is 0.816. The van der Waals surface area contributed by atoms with Crippen molar-refractivity contribution in [1.82, 2.24) is 5.32 Å². The number of nitrogens with one attached hydrogen (secondary N) is 1. The third kappa shape index (κ3) is 3.43. The SMILES string of the molecule is O=C(NC[C@@H](c1cccs1)S(=O)(=O)c1ccc2c(c1)OCCO2)C1CC1. The van der Waals surface area contributed by atoms with E-state index in [4.69, 9.17) is 9.47 Å². The second-order valence-corrected chi connectivity index (χ2v) is 9.48. The minimum Gasteiger partial charge on any atom is -0.486 e. The molecule has 2 aliphatic rings. The van der Waals surface area contributed by atoms with Gasteiger partial charge in [-0.1, -0.05) is 6.07 Å². The van der Waals surface area contributed by atoms with Crippen LogP contribution in [0.2, 0.25) is 0 Å². The number of amides is 1. The predicted octanol–water partition coefficient (Wildman–Crippen LogP) is 2.56. The van der Waals surface area contributed by atoms with E-state index in [1.165, 1.54) is 23.5 Å². The fourth-order valence-electron chi connectivity index (χ4n) is 2.89. The number of hydrogen-bond acceptors (Lipinski definition) is 6. The Kier molecular flexibility index (Phi) is 4.62. The molecule has 1 amide bonds. The summed E-state index contributed by atoms with van der Waals surface area (Å²) in [5.41, 5.74) is 0. The summed E-state index contributed by atoms with van der Waals surface area (Å²) < 4.78 is 37.5. The first-order valence-electron chi connectivity index (χ1n) is 8.50. The average Bonchev–Trinajstić information content (AvgIpc) is 3.37. The first-order chi connectivity index (χ1) is 12.6. The van der Waals surface area contributed by atoms with Crippen LogP contribution in [0, 0.1) is 5.92 Å². The van der Waals surface area contributed by atoms with Crippen LogP contribution in [-0.2, 0) is 14.6 Å². The smallest absolute Gasteiger partial charge is 0.223 e. The van der Waals surface area contributed by atoms with Crippen LogP contribution in [0.25, 0.3) is 0 Å². The summed E-state index contributed by atoms with van der Waals surface area (Å²) in [6.07, 6.45) is 1.76. The predicted molar refractivity (Wildman–Crippen MR) is 97.4 cm³/mol. The van der Waals surface area contributed by atoms with Crippen molar-refractivity contribution in [2.75, 3.05) is 19.8 Å². The lowest BCUT2D eigenvalue weighted by Crippen LogP contribution is -2.32. The van der Waals surface area contributed by atoms with Crippen LogP contribution in [0.4, 0.5) is 0 Å². The Bertz CT molecular complexity index is 904. The van der Waals surface area contributed by atoms with Crippen LogP contribution in [-0.4, -0.2) is 34.1 Å². The number of sulfone groups is 1. The number of hydrogen-bond donors (Lipinski definition) is 1. The number of carbonyl (C=O) groups excluding carboxylic acids is 1. The molecule has 1 N–H and O–H groups in total. The van der Waals surface area contributed by atoms with Crippen LogP contribution in [0.1, 0.15) is 23.0 Å². The molecule has 0 saturated heterocycles. The molecule has 0 unspecified atom stereocenters. The van der Waals surface area contributed by atoms with Crippen molar-refractivity contribution in [3.63, 3.8) is 0 Å². The molecule has 138 valence electrons. The standard InChI is InChI=1S/C18H19NO5S2/c20-18(12-3-4-12)19-11-17(16-2-1-9-25-16)26(21,22)13-5-6-14-15(10-13)24-8-7-23-14/h1-2,5-6,9-10,12,17H,3-4,7-8,11H2,(H,19,20)/t17-/m0/s1. The van der Waals surface area contributed by atoms with Gasteiger partial charge in [0.05, 0.1) is 4.90 Å². The van der Waals surface area contributed by atoms with E-state index >= 15 is 0 Å². The Morgan fingerprint density at radius 2 is 1.96 bits per heavy atom. The normalized spacial score (nSPS) is 17.5. The highest BCUT2D eigenvalue weighted by Crippen LogP contribution is 2.37. The zero-order chi connectivity index (χ0) is 18.1. The Morgan fingerprint density at radius 3 is 2.65 bits per heavy atom. The third-order valence-corrected chi connectivity index (χ3v) is 7.70. The fourth-order valence-corrected chi connectivity index (χ4v) is 5.68. The van der Waals surface area contributed by atoms with Gasteiger partial charge < -0.3 is 14.8 Å². The van der Waals surface area contributed by atoms with E-state index in [1.54, 1.807) is 12.1 Å². The first kappa shape index (κ1) is 17.4. The maximum atomic E-state index is 13.3. The summed E-state index contributed by atoms with van der Waals surface area (Å²) in [7, 11) is -3.70. The molecule has 2 aromatic rings. The van der Waals surface area contributed by atoms with Gasteiger partial charge in [0.2, 0.25) is 5.91 Å². The van der Waals surface area contributed by atoms with E-state index in [0.29, 0.717) is 29.6 Å². The van der Waals surface area contributed by atoms with Gasteiger partial charge >= 0.3 is 0 Å². The Morgan fingerprint density at radius 1 is 1.19 bits per heavy atom. The second kappa shape index (κ2) is 6.92. The maximum absolute atomic E-state index is 13.3. The molecule has 1 aliphatic heterocycles. The van der Waals surface area contributed by atoms with Gasteiger partial charge in [0.25, 0.3) is 0 Å². The molecule has 1 aromatic heterocycles. The topological polar surface area (TPSA) is 81.7 Å². The number of benzene rings is 1. The van der Waals surface area contributed by atoms with Crippen molar-refractivity contribution < 1.29 is 22.7 Å². The minimum atomic E-state index is -3.70. The van der Waals surface area contributed by atoms with Gasteiger partial charge in [0.15, 0.2) is 21.3 Å². The maximum Gasteiger partial charge on any atom is 0.223 e. The van der Waals surface area contributed by atoms with Crippen LogP contribution < -0.4 is 14.8 Å². The monoisotopic (exact) mass is 393 g/mol. The molecule has 1 saturated carbocycles. The first-order valence-corrected chi connectivity index (χ1v) is 10.9. The third-order valence-electron chi connectivity index (χ3n) is 4.49. The average molecular weight is 393 g/mol. The van der Waals surface area contributed by atoms with E-state index in [-0.39, 0.29) is 23.3 Å². The molecule has 0 bridgehead atoms. The van der Waals surface area contributed by atoms with Gasteiger partial charge in [0.1, 0.15) is 18.5 Å². The Labute approximate surface area is 156 Å². The second-order valence-electron chi connectivity index (χ2n) is 6.37. The summed E-state index contributed by atoms with van der Waals surface area (Å²) in [6, 6.07) is 8.26. The van der Waals surface area contributed by atoms with Gasteiger partial charge in [-0.3, -0.25) is 4.79 Å². The van der Waals surface area contributed by atoms with Crippen LogP contribution in [0.5, 0.6) is 11.5 Å². The van der Waals surface area contributed by atoms with Crippen molar-refractivity contribution >= 4 is 27.1 Å². The number of rotatable bonds is 6. The van der Waals surface area contributed by atoms with Crippen LogP contribution >= 0.6 is 11.3 Å². The van der Waals surface area contributed by atoms with E-state index in [9.17, 15) is 13.2 Å². The van der Waals surface area contributed by atoms with Crippen LogP contribution in [0.15, 0.2) is 40.6 Å². The number of thiophene rings is 1.